The summed E-state index contributed by atoms with van der Waals surface area (Å²) in [5.41, 5.74) is 6.80. The summed E-state index contributed by atoms with van der Waals surface area (Å²) in [5, 5.41) is 17.0. The van der Waals surface area contributed by atoms with Crippen molar-refractivity contribution in [3.63, 3.8) is 0 Å². The Morgan fingerprint density at radius 2 is 1.93 bits per heavy atom. The number of nitriles is 1. The van der Waals surface area contributed by atoms with Gasteiger partial charge in [-0.25, -0.2) is 9.97 Å². The maximum atomic E-state index is 9.28. The van der Waals surface area contributed by atoms with Gasteiger partial charge in [0.15, 0.2) is 5.82 Å². The van der Waals surface area contributed by atoms with Crippen molar-refractivity contribution in [3.8, 4) is 17.5 Å². The average Bonchev–Trinajstić information content (AvgIpc) is 2.70. The third kappa shape index (κ3) is 3.45. The lowest BCUT2D eigenvalue weighted by Gasteiger charge is -2.20. The molecule has 28 heavy (non-hydrogen) atoms. The highest BCUT2D eigenvalue weighted by Gasteiger charge is 2.14. The molecular weight excluding hydrogens is 346 g/mol. The number of nitrogens with one attached hydrogen (secondary N) is 2. The van der Waals surface area contributed by atoms with Crippen molar-refractivity contribution in [2.45, 2.75) is 20.8 Å². The van der Waals surface area contributed by atoms with E-state index in [1.165, 1.54) is 5.57 Å². The summed E-state index contributed by atoms with van der Waals surface area (Å²) >= 11 is 0. The first kappa shape index (κ1) is 17.7. The Kier molecular flexibility index (Phi) is 4.54. The van der Waals surface area contributed by atoms with Crippen LogP contribution in [0.3, 0.4) is 0 Å². The Labute approximate surface area is 164 Å². The molecule has 0 amide bonds. The molecule has 4 rings (SSSR count). The van der Waals surface area contributed by atoms with E-state index in [0.29, 0.717) is 11.4 Å². The van der Waals surface area contributed by atoms with Crippen LogP contribution in [-0.2, 0) is 0 Å². The van der Waals surface area contributed by atoms with Crippen molar-refractivity contribution in [1.82, 2.24) is 15.3 Å². The van der Waals surface area contributed by atoms with E-state index < -0.39 is 0 Å². The van der Waals surface area contributed by atoms with Gasteiger partial charge in [-0.1, -0.05) is 23.8 Å². The zero-order valence-corrected chi connectivity index (χ0v) is 16.2. The molecule has 1 aliphatic rings. The monoisotopic (exact) mass is 367 g/mol. The first-order valence-corrected chi connectivity index (χ1v) is 9.21. The fourth-order valence-corrected chi connectivity index (χ4v) is 3.24. The molecule has 0 saturated heterocycles. The number of hydrogen-bond acceptors (Lipinski definition) is 5. The van der Waals surface area contributed by atoms with Crippen LogP contribution in [0.5, 0.6) is 0 Å². The summed E-state index contributed by atoms with van der Waals surface area (Å²) in [7, 11) is 0. The van der Waals surface area contributed by atoms with Gasteiger partial charge in [0.2, 0.25) is 0 Å². The lowest BCUT2D eigenvalue weighted by molar-refractivity contribution is 0.840. The molecule has 1 aromatic heterocycles. The molecule has 0 aliphatic carbocycles. The number of rotatable bonds is 3. The molecular formula is C23H21N5. The molecule has 0 saturated carbocycles. The molecule has 138 valence electrons. The van der Waals surface area contributed by atoms with Gasteiger partial charge in [0.05, 0.1) is 17.1 Å². The summed E-state index contributed by atoms with van der Waals surface area (Å²) in [6.07, 6.45) is 2.09. The Hall–Kier alpha value is -3.65. The predicted octanol–water partition coefficient (Wildman–Crippen LogP) is 4.67. The molecule has 3 aromatic rings. The molecule has 2 N–H and O–H groups in total. The zero-order valence-electron chi connectivity index (χ0n) is 16.2. The van der Waals surface area contributed by atoms with E-state index in [0.717, 1.165) is 45.8 Å². The Balaban J connectivity index is 1.90. The van der Waals surface area contributed by atoms with Crippen LogP contribution in [0.1, 0.15) is 25.0 Å². The van der Waals surface area contributed by atoms with Gasteiger partial charge >= 0.3 is 0 Å². The third-order valence-corrected chi connectivity index (χ3v) is 4.81. The van der Waals surface area contributed by atoms with Crippen LogP contribution < -0.4 is 10.6 Å². The van der Waals surface area contributed by atoms with Gasteiger partial charge in [-0.3, -0.25) is 0 Å². The number of hydrogen-bond donors (Lipinski definition) is 2. The van der Waals surface area contributed by atoms with Crippen LogP contribution in [0, 0.1) is 18.3 Å². The summed E-state index contributed by atoms with van der Waals surface area (Å²) in [6.45, 7) is 6.99. The summed E-state index contributed by atoms with van der Waals surface area (Å²) in [5.74, 6) is 1.38. The van der Waals surface area contributed by atoms with Crippen LogP contribution in [0.25, 0.3) is 22.3 Å². The maximum absolute atomic E-state index is 9.28. The Bertz CT molecular complexity index is 1180. The number of nitrogens with zero attached hydrogens (tertiary/aromatic N) is 3. The van der Waals surface area contributed by atoms with Crippen LogP contribution in [0.15, 0.2) is 65.5 Å². The lowest BCUT2D eigenvalue weighted by Crippen LogP contribution is -2.21. The molecule has 2 heterocycles. The van der Waals surface area contributed by atoms with Crippen molar-refractivity contribution in [1.29, 1.82) is 5.26 Å². The van der Waals surface area contributed by atoms with E-state index in [9.17, 15) is 5.26 Å². The topological polar surface area (TPSA) is 73.6 Å². The van der Waals surface area contributed by atoms with E-state index in [1.807, 2.05) is 44.2 Å². The van der Waals surface area contributed by atoms with Gasteiger partial charge in [0.1, 0.15) is 5.82 Å². The minimum atomic E-state index is 0.584. The fraction of sp³-hybridized carbons (Fsp3) is 0.174. The summed E-state index contributed by atoms with van der Waals surface area (Å²) in [6, 6.07) is 15.8. The van der Waals surface area contributed by atoms with E-state index in [1.54, 1.807) is 6.07 Å². The first-order valence-electron chi connectivity index (χ1n) is 9.21. The van der Waals surface area contributed by atoms with Crippen molar-refractivity contribution >= 4 is 16.7 Å². The lowest BCUT2D eigenvalue weighted by atomic mass is 10.1. The molecule has 5 nitrogen and oxygen atoms in total. The summed E-state index contributed by atoms with van der Waals surface area (Å²) in [4.78, 5) is 9.57. The normalized spacial score (nSPS) is 13.7. The highest BCUT2D eigenvalue weighted by molar-refractivity contribution is 5.92. The number of benzene rings is 2. The fourth-order valence-electron chi connectivity index (χ4n) is 3.24. The zero-order chi connectivity index (χ0) is 19.7. The second-order valence-corrected chi connectivity index (χ2v) is 7.11. The second kappa shape index (κ2) is 7.16. The van der Waals surface area contributed by atoms with Gasteiger partial charge in [-0.05, 0) is 56.7 Å². The minimum Gasteiger partial charge on any atom is -0.385 e. The van der Waals surface area contributed by atoms with Gasteiger partial charge in [-0.15, -0.1) is 0 Å². The molecule has 0 bridgehead atoms. The van der Waals surface area contributed by atoms with E-state index in [4.69, 9.17) is 9.97 Å². The molecule has 0 radical (unpaired) electrons. The number of aryl methyl sites for hydroxylation is 1. The van der Waals surface area contributed by atoms with Gasteiger partial charge in [0.25, 0.3) is 0 Å². The molecule has 2 aromatic carbocycles. The number of dihydropyridines is 1. The Morgan fingerprint density at radius 1 is 1.07 bits per heavy atom. The van der Waals surface area contributed by atoms with Gasteiger partial charge < -0.3 is 10.6 Å². The first-order chi connectivity index (χ1) is 13.5. The molecule has 5 heteroatoms. The number of anilines is 1. The molecule has 0 spiro atoms. The van der Waals surface area contributed by atoms with Gasteiger partial charge in [0, 0.05) is 28.9 Å². The average molecular weight is 367 g/mol. The smallest absolute Gasteiger partial charge is 0.162 e. The number of aromatic nitrogens is 2. The summed E-state index contributed by atoms with van der Waals surface area (Å²) < 4.78 is 0. The minimum absolute atomic E-state index is 0.584. The van der Waals surface area contributed by atoms with E-state index >= 15 is 0 Å². The number of fused-ring (bicyclic) bond motifs is 1. The van der Waals surface area contributed by atoms with E-state index in [2.05, 4.69) is 35.8 Å². The van der Waals surface area contributed by atoms with Crippen LogP contribution in [0.4, 0.5) is 5.82 Å². The number of allylic oxidation sites excluding steroid dienone is 2. The highest BCUT2D eigenvalue weighted by atomic mass is 15.1. The highest BCUT2D eigenvalue weighted by Crippen LogP contribution is 2.28. The maximum Gasteiger partial charge on any atom is 0.162 e. The van der Waals surface area contributed by atoms with Crippen molar-refractivity contribution < 1.29 is 0 Å². The second-order valence-electron chi connectivity index (χ2n) is 7.11. The van der Waals surface area contributed by atoms with Crippen LogP contribution in [-0.4, -0.2) is 16.5 Å². The molecule has 0 fully saturated rings. The largest absolute Gasteiger partial charge is 0.385 e. The van der Waals surface area contributed by atoms with Gasteiger partial charge in [-0.2, -0.15) is 5.26 Å². The van der Waals surface area contributed by atoms with Crippen molar-refractivity contribution in [2.24, 2.45) is 0 Å². The van der Waals surface area contributed by atoms with Crippen molar-refractivity contribution in [2.75, 3.05) is 11.9 Å². The van der Waals surface area contributed by atoms with Crippen molar-refractivity contribution in [3.05, 3.63) is 76.6 Å². The third-order valence-electron chi connectivity index (χ3n) is 4.81. The Morgan fingerprint density at radius 3 is 2.71 bits per heavy atom. The molecule has 0 unspecified atom stereocenters. The SMILES string of the molecule is CC1=CC(Nc2nc(-c3cccc(C)c3)nc3cc(C#N)ccc23)=C(C)CN1. The molecule has 1 aliphatic heterocycles. The van der Waals surface area contributed by atoms with Crippen LogP contribution >= 0.6 is 0 Å². The standard InChI is InChI=1S/C23H21N5/c1-14-5-4-6-18(9-14)22-27-21-11-17(12-24)7-8-19(21)23(28-22)26-20-10-16(3)25-13-15(20)2/h4-11,25H,13H2,1-3H3,(H,26,27,28). The van der Waals surface area contributed by atoms with Crippen LogP contribution in [0.2, 0.25) is 0 Å². The quantitative estimate of drug-likeness (QED) is 0.704. The van der Waals surface area contributed by atoms with E-state index in [-0.39, 0.29) is 0 Å². The molecule has 0 atom stereocenters. The predicted molar refractivity (Wildman–Crippen MR) is 113 cm³/mol.